The molecule has 0 aliphatic carbocycles. The van der Waals surface area contributed by atoms with Crippen molar-refractivity contribution in [3.05, 3.63) is 100 Å². The van der Waals surface area contributed by atoms with Crippen molar-refractivity contribution in [3.8, 4) is 17.2 Å². The number of carbonyl (C=O) groups is 2. The molecule has 0 radical (unpaired) electrons. The van der Waals surface area contributed by atoms with Crippen LogP contribution in [0.3, 0.4) is 0 Å². The molecule has 4 aromatic rings. The summed E-state index contributed by atoms with van der Waals surface area (Å²) in [6, 6.07) is 19.9. The second-order valence-corrected chi connectivity index (χ2v) is 8.01. The highest BCUT2D eigenvalue weighted by Gasteiger charge is 2.24. The summed E-state index contributed by atoms with van der Waals surface area (Å²) in [6.45, 7) is 4.20. The normalized spacial score (nSPS) is 11.5. The van der Waals surface area contributed by atoms with Gasteiger partial charge >= 0.3 is 11.9 Å². The minimum atomic E-state index is -0.977. The van der Waals surface area contributed by atoms with Gasteiger partial charge in [0.2, 0.25) is 17.3 Å². The van der Waals surface area contributed by atoms with Crippen LogP contribution in [0, 0.1) is 0 Å². The van der Waals surface area contributed by atoms with Crippen LogP contribution in [0.25, 0.3) is 11.0 Å². The average molecular weight is 503 g/mol. The van der Waals surface area contributed by atoms with E-state index >= 15 is 0 Å². The molecule has 0 aliphatic heterocycles. The lowest BCUT2D eigenvalue weighted by Gasteiger charge is -2.18. The summed E-state index contributed by atoms with van der Waals surface area (Å²) < 4.78 is 27.5. The maximum Gasteiger partial charge on any atom is 0.352 e. The third-order valence-electron chi connectivity index (χ3n) is 5.33. The third kappa shape index (κ3) is 6.16. The summed E-state index contributed by atoms with van der Waals surface area (Å²) in [5.74, 6) is -0.274. The number of benzene rings is 3. The van der Waals surface area contributed by atoms with Gasteiger partial charge in [0.05, 0.1) is 24.2 Å². The summed E-state index contributed by atoms with van der Waals surface area (Å²) >= 11 is 0. The standard InChI is InChI=1S/C29H26O8/c1-3-16-34-28(31)20-10-12-21(13-11-20)36-25-18-35-24-17-22(14-15-23(24)26(25)30)37-27(29(32)33-4-2)19-8-6-5-7-9-19/h5-15,17-18,27H,3-4,16H2,1-2H3. The van der Waals surface area contributed by atoms with Gasteiger partial charge in [-0.25, -0.2) is 9.59 Å². The molecule has 8 heteroatoms. The van der Waals surface area contributed by atoms with Gasteiger partial charge < -0.3 is 23.4 Å². The Morgan fingerprint density at radius 1 is 0.892 bits per heavy atom. The molecule has 3 aromatic carbocycles. The molecular formula is C29H26O8. The minimum Gasteiger partial charge on any atom is -0.474 e. The van der Waals surface area contributed by atoms with Crippen molar-refractivity contribution < 1.29 is 33.0 Å². The average Bonchev–Trinajstić information content (AvgIpc) is 2.93. The van der Waals surface area contributed by atoms with Crippen molar-refractivity contribution in [2.24, 2.45) is 0 Å². The van der Waals surface area contributed by atoms with E-state index in [0.717, 1.165) is 6.42 Å². The number of hydrogen-bond acceptors (Lipinski definition) is 8. The number of rotatable bonds is 10. The van der Waals surface area contributed by atoms with Crippen molar-refractivity contribution >= 4 is 22.9 Å². The molecule has 0 bridgehead atoms. The predicted octanol–water partition coefficient (Wildman–Crippen LogP) is 5.84. The third-order valence-corrected chi connectivity index (χ3v) is 5.33. The Morgan fingerprint density at radius 3 is 2.32 bits per heavy atom. The fourth-order valence-electron chi connectivity index (χ4n) is 3.53. The van der Waals surface area contributed by atoms with Crippen molar-refractivity contribution in [2.75, 3.05) is 13.2 Å². The molecule has 1 atom stereocenters. The van der Waals surface area contributed by atoms with Gasteiger partial charge in [-0.15, -0.1) is 0 Å². The Hall–Kier alpha value is -4.59. The quantitative estimate of drug-likeness (QED) is 0.250. The van der Waals surface area contributed by atoms with Gasteiger partial charge in [0, 0.05) is 11.6 Å². The minimum absolute atomic E-state index is 0.0174. The van der Waals surface area contributed by atoms with E-state index in [1.165, 1.54) is 12.3 Å². The summed E-state index contributed by atoms with van der Waals surface area (Å²) in [5, 5.41) is 0.275. The zero-order valence-electron chi connectivity index (χ0n) is 20.5. The molecule has 0 saturated heterocycles. The summed E-state index contributed by atoms with van der Waals surface area (Å²) in [5.41, 5.74) is 0.898. The van der Waals surface area contributed by atoms with Crippen LogP contribution in [-0.4, -0.2) is 25.2 Å². The lowest BCUT2D eigenvalue weighted by atomic mass is 10.1. The smallest absolute Gasteiger partial charge is 0.352 e. The summed E-state index contributed by atoms with van der Waals surface area (Å²) in [6.07, 6.45) is 0.963. The van der Waals surface area contributed by atoms with E-state index in [9.17, 15) is 14.4 Å². The van der Waals surface area contributed by atoms with Crippen molar-refractivity contribution in [1.29, 1.82) is 0 Å². The summed E-state index contributed by atoms with van der Waals surface area (Å²) in [4.78, 5) is 37.5. The van der Waals surface area contributed by atoms with Crippen LogP contribution in [0.4, 0.5) is 0 Å². The maximum atomic E-state index is 13.0. The number of carbonyl (C=O) groups excluding carboxylic acids is 2. The SMILES string of the molecule is CCCOC(=O)c1ccc(Oc2coc3cc(OC(C(=O)OCC)c4ccccc4)ccc3c2=O)cc1. The zero-order valence-corrected chi connectivity index (χ0v) is 20.5. The number of hydrogen-bond donors (Lipinski definition) is 0. The van der Waals surface area contributed by atoms with Crippen LogP contribution in [0.15, 0.2) is 88.3 Å². The van der Waals surface area contributed by atoms with Crippen molar-refractivity contribution in [3.63, 3.8) is 0 Å². The lowest BCUT2D eigenvalue weighted by molar-refractivity contribution is -0.151. The maximum absolute atomic E-state index is 13.0. The Balaban J connectivity index is 1.53. The van der Waals surface area contributed by atoms with E-state index in [-0.39, 0.29) is 28.8 Å². The Kier molecular flexibility index (Phi) is 8.20. The molecule has 8 nitrogen and oxygen atoms in total. The monoisotopic (exact) mass is 502 g/mol. The molecule has 4 rings (SSSR count). The highest BCUT2D eigenvalue weighted by atomic mass is 16.6. The van der Waals surface area contributed by atoms with Crippen molar-refractivity contribution in [1.82, 2.24) is 0 Å². The lowest BCUT2D eigenvalue weighted by Crippen LogP contribution is -2.21. The topological polar surface area (TPSA) is 101 Å². The first kappa shape index (κ1) is 25.5. The van der Waals surface area contributed by atoms with E-state index < -0.39 is 18.0 Å². The van der Waals surface area contributed by atoms with Gasteiger partial charge in [-0.1, -0.05) is 37.3 Å². The van der Waals surface area contributed by atoms with Gasteiger partial charge in [0.25, 0.3) is 0 Å². The Morgan fingerprint density at radius 2 is 1.62 bits per heavy atom. The molecule has 0 saturated carbocycles. The molecule has 37 heavy (non-hydrogen) atoms. The van der Waals surface area contributed by atoms with Crippen LogP contribution < -0.4 is 14.9 Å². The van der Waals surface area contributed by atoms with Gasteiger partial charge in [-0.05, 0) is 49.7 Å². The molecule has 0 aliphatic rings. The van der Waals surface area contributed by atoms with Gasteiger partial charge in [-0.3, -0.25) is 4.79 Å². The van der Waals surface area contributed by atoms with E-state index in [2.05, 4.69) is 0 Å². The number of ether oxygens (including phenoxy) is 4. The fraction of sp³-hybridized carbons (Fsp3) is 0.207. The van der Waals surface area contributed by atoms with Crippen LogP contribution in [0.1, 0.15) is 42.3 Å². The molecule has 0 spiro atoms. The van der Waals surface area contributed by atoms with Crippen LogP contribution in [-0.2, 0) is 14.3 Å². The van der Waals surface area contributed by atoms with E-state index in [0.29, 0.717) is 29.2 Å². The van der Waals surface area contributed by atoms with Crippen LogP contribution >= 0.6 is 0 Å². The highest BCUT2D eigenvalue weighted by molar-refractivity contribution is 5.89. The Bertz CT molecular complexity index is 1420. The first-order valence-electron chi connectivity index (χ1n) is 11.9. The zero-order chi connectivity index (χ0) is 26.2. The Labute approximate surface area is 213 Å². The summed E-state index contributed by atoms with van der Waals surface area (Å²) in [7, 11) is 0. The fourth-order valence-corrected chi connectivity index (χ4v) is 3.53. The predicted molar refractivity (Wildman–Crippen MR) is 136 cm³/mol. The van der Waals surface area contributed by atoms with E-state index in [4.69, 9.17) is 23.4 Å². The second-order valence-electron chi connectivity index (χ2n) is 8.01. The van der Waals surface area contributed by atoms with Crippen LogP contribution in [0.5, 0.6) is 17.2 Å². The van der Waals surface area contributed by atoms with Gasteiger partial charge in [0.1, 0.15) is 23.3 Å². The van der Waals surface area contributed by atoms with E-state index in [1.54, 1.807) is 67.6 Å². The molecule has 1 aromatic heterocycles. The highest BCUT2D eigenvalue weighted by Crippen LogP contribution is 2.28. The van der Waals surface area contributed by atoms with Crippen molar-refractivity contribution in [2.45, 2.75) is 26.4 Å². The molecule has 1 unspecified atom stereocenters. The molecule has 1 heterocycles. The number of esters is 2. The van der Waals surface area contributed by atoms with Crippen LogP contribution in [0.2, 0.25) is 0 Å². The van der Waals surface area contributed by atoms with Gasteiger partial charge in [-0.2, -0.15) is 0 Å². The number of fused-ring (bicyclic) bond motifs is 1. The van der Waals surface area contributed by atoms with E-state index in [1.807, 2.05) is 13.0 Å². The molecule has 0 amide bonds. The first-order valence-corrected chi connectivity index (χ1v) is 11.9. The van der Waals surface area contributed by atoms with Gasteiger partial charge in [0.15, 0.2) is 0 Å². The largest absolute Gasteiger partial charge is 0.474 e. The molecule has 190 valence electrons. The first-order chi connectivity index (χ1) is 18.0. The molecular weight excluding hydrogens is 476 g/mol. The molecule has 0 fully saturated rings. The molecule has 0 N–H and O–H groups in total. The second kappa shape index (κ2) is 11.9.